The van der Waals surface area contributed by atoms with Gasteiger partial charge in [0.1, 0.15) is 11.6 Å². The van der Waals surface area contributed by atoms with E-state index in [2.05, 4.69) is 5.32 Å². The van der Waals surface area contributed by atoms with E-state index < -0.39 is 11.6 Å². The summed E-state index contributed by atoms with van der Waals surface area (Å²) in [6.45, 7) is 1.85. The van der Waals surface area contributed by atoms with Crippen LogP contribution in [-0.2, 0) is 6.54 Å². The Morgan fingerprint density at radius 2 is 1.85 bits per heavy atom. The van der Waals surface area contributed by atoms with Crippen LogP contribution in [0.15, 0.2) is 30.3 Å². The third-order valence-electron chi connectivity index (χ3n) is 2.85. The number of hydrogen-bond donors (Lipinski definition) is 1. The van der Waals surface area contributed by atoms with Crippen LogP contribution in [0.2, 0.25) is 5.02 Å². The Bertz CT molecular complexity index is 670. The van der Waals surface area contributed by atoms with Gasteiger partial charge in [0.2, 0.25) is 0 Å². The van der Waals surface area contributed by atoms with E-state index in [1.165, 1.54) is 0 Å². The minimum atomic E-state index is -0.753. The average Bonchev–Trinajstić information content (AvgIpc) is 2.39. The molecule has 2 nitrogen and oxygen atoms in total. The third kappa shape index (κ3) is 3.06. The second kappa shape index (κ2) is 5.89. The first-order chi connectivity index (χ1) is 9.51. The summed E-state index contributed by atoms with van der Waals surface area (Å²) in [4.78, 5) is 0. The van der Waals surface area contributed by atoms with E-state index in [1.807, 2.05) is 13.0 Å². The molecule has 0 bridgehead atoms. The molecule has 0 spiro atoms. The number of hydrogen-bond acceptors (Lipinski definition) is 2. The zero-order valence-electron chi connectivity index (χ0n) is 10.7. The maximum Gasteiger partial charge on any atom is 0.132 e. The third-order valence-corrected chi connectivity index (χ3v) is 3.16. The van der Waals surface area contributed by atoms with E-state index in [4.69, 9.17) is 16.9 Å². The highest BCUT2D eigenvalue weighted by Gasteiger charge is 2.11. The number of rotatable bonds is 3. The van der Waals surface area contributed by atoms with Crippen molar-refractivity contribution in [3.63, 3.8) is 0 Å². The van der Waals surface area contributed by atoms with Gasteiger partial charge < -0.3 is 5.32 Å². The Kier molecular flexibility index (Phi) is 4.21. The molecule has 2 rings (SSSR count). The average molecular weight is 293 g/mol. The lowest BCUT2D eigenvalue weighted by atomic mass is 10.1. The van der Waals surface area contributed by atoms with E-state index in [-0.39, 0.29) is 17.7 Å². The molecule has 0 fully saturated rings. The van der Waals surface area contributed by atoms with Crippen molar-refractivity contribution in [3.8, 4) is 6.07 Å². The summed E-state index contributed by atoms with van der Waals surface area (Å²) in [6.07, 6.45) is 0. The Morgan fingerprint density at radius 3 is 2.40 bits per heavy atom. The molecule has 0 radical (unpaired) electrons. The van der Waals surface area contributed by atoms with E-state index in [9.17, 15) is 8.78 Å². The number of nitrogens with one attached hydrogen (secondary N) is 1. The minimum absolute atomic E-state index is 0.0443. The Morgan fingerprint density at radius 1 is 1.20 bits per heavy atom. The number of anilines is 1. The van der Waals surface area contributed by atoms with Gasteiger partial charge in [-0.15, -0.1) is 0 Å². The molecule has 0 heterocycles. The number of nitrogens with zero attached hydrogens (tertiary/aromatic N) is 1. The molecule has 1 N–H and O–H groups in total. The number of benzene rings is 2. The van der Waals surface area contributed by atoms with Crippen LogP contribution in [0.4, 0.5) is 14.5 Å². The maximum atomic E-state index is 13.7. The quantitative estimate of drug-likeness (QED) is 0.909. The predicted octanol–water partition coefficient (Wildman–Crippen LogP) is 4.41. The van der Waals surface area contributed by atoms with E-state index in [0.29, 0.717) is 10.7 Å². The van der Waals surface area contributed by atoms with Gasteiger partial charge in [-0.05, 0) is 36.8 Å². The van der Waals surface area contributed by atoms with Crippen molar-refractivity contribution in [3.05, 3.63) is 63.7 Å². The highest BCUT2D eigenvalue weighted by molar-refractivity contribution is 6.33. The summed E-state index contributed by atoms with van der Waals surface area (Å²) in [5.74, 6) is -1.51. The zero-order chi connectivity index (χ0) is 14.7. The molecule has 0 aliphatic rings. The van der Waals surface area contributed by atoms with E-state index in [1.54, 1.807) is 18.2 Å². The minimum Gasteiger partial charge on any atom is -0.380 e. The van der Waals surface area contributed by atoms with Crippen LogP contribution in [0.25, 0.3) is 0 Å². The van der Waals surface area contributed by atoms with Crippen molar-refractivity contribution in [2.45, 2.75) is 13.5 Å². The van der Waals surface area contributed by atoms with Gasteiger partial charge in [0.15, 0.2) is 0 Å². The van der Waals surface area contributed by atoms with Crippen molar-refractivity contribution in [1.82, 2.24) is 0 Å². The molecule has 20 heavy (non-hydrogen) atoms. The lowest BCUT2D eigenvalue weighted by molar-refractivity contribution is 0.559. The molecule has 2 aromatic rings. The summed E-state index contributed by atoms with van der Waals surface area (Å²) in [5.41, 5.74) is 1.43. The van der Waals surface area contributed by atoms with Gasteiger partial charge >= 0.3 is 0 Å². The molecular formula is C15H11ClF2N2. The van der Waals surface area contributed by atoms with E-state index >= 15 is 0 Å². The SMILES string of the molecule is Cc1ccc(NCc2c(F)cc(C#N)cc2F)c(Cl)c1. The highest BCUT2D eigenvalue weighted by atomic mass is 35.5. The number of aryl methyl sites for hydroxylation is 1. The monoisotopic (exact) mass is 292 g/mol. The number of halogens is 3. The van der Waals surface area contributed by atoms with Crippen LogP contribution < -0.4 is 5.32 Å². The molecule has 5 heteroatoms. The Balaban J connectivity index is 2.21. The van der Waals surface area contributed by atoms with Crippen LogP contribution in [-0.4, -0.2) is 0 Å². The summed E-state index contributed by atoms with van der Waals surface area (Å²) < 4.78 is 27.4. The Labute approximate surface area is 120 Å². The summed E-state index contributed by atoms with van der Waals surface area (Å²) in [6, 6.07) is 9.08. The molecule has 0 aliphatic carbocycles. The van der Waals surface area contributed by atoms with E-state index in [0.717, 1.165) is 17.7 Å². The maximum absolute atomic E-state index is 13.7. The summed E-state index contributed by atoms with van der Waals surface area (Å²) in [5, 5.41) is 12.0. The van der Waals surface area contributed by atoms with Crippen LogP contribution in [0.3, 0.4) is 0 Å². The first-order valence-electron chi connectivity index (χ1n) is 5.89. The standard InChI is InChI=1S/C15H11ClF2N2/c1-9-2-3-15(12(16)4-9)20-8-11-13(17)5-10(7-19)6-14(11)18/h2-6,20H,8H2,1H3. The smallest absolute Gasteiger partial charge is 0.132 e. The van der Waals surface area contributed by atoms with Gasteiger partial charge in [-0.25, -0.2) is 8.78 Å². The van der Waals surface area contributed by atoms with Gasteiger partial charge in [-0.1, -0.05) is 17.7 Å². The van der Waals surface area contributed by atoms with Gasteiger partial charge in [-0.3, -0.25) is 0 Å². The fourth-order valence-corrected chi connectivity index (χ4v) is 2.09. The molecule has 2 aromatic carbocycles. The van der Waals surface area contributed by atoms with Crippen LogP contribution in [0.5, 0.6) is 0 Å². The predicted molar refractivity (Wildman–Crippen MR) is 74.6 cm³/mol. The summed E-state index contributed by atoms with van der Waals surface area (Å²) in [7, 11) is 0. The molecule has 0 unspecified atom stereocenters. The fourth-order valence-electron chi connectivity index (χ4n) is 1.78. The van der Waals surface area contributed by atoms with Gasteiger partial charge in [0.05, 0.1) is 22.3 Å². The van der Waals surface area contributed by atoms with Crippen molar-refractivity contribution >= 4 is 17.3 Å². The normalized spacial score (nSPS) is 10.2. The van der Waals surface area contributed by atoms with Crippen molar-refractivity contribution < 1.29 is 8.78 Å². The second-order valence-corrected chi connectivity index (χ2v) is 4.77. The lowest BCUT2D eigenvalue weighted by Crippen LogP contribution is -2.05. The fraction of sp³-hybridized carbons (Fsp3) is 0.133. The molecule has 0 atom stereocenters. The van der Waals surface area contributed by atoms with Crippen molar-refractivity contribution in [1.29, 1.82) is 5.26 Å². The van der Waals surface area contributed by atoms with Crippen molar-refractivity contribution in [2.75, 3.05) is 5.32 Å². The molecule has 0 aromatic heterocycles. The highest BCUT2D eigenvalue weighted by Crippen LogP contribution is 2.24. The zero-order valence-corrected chi connectivity index (χ0v) is 11.4. The largest absolute Gasteiger partial charge is 0.380 e. The Hall–Kier alpha value is -2.12. The molecule has 0 aliphatic heterocycles. The van der Waals surface area contributed by atoms with Crippen LogP contribution in [0, 0.1) is 29.9 Å². The molecule has 0 amide bonds. The van der Waals surface area contributed by atoms with Crippen LogP contribution in [0.1, 0.15) is 16.7 Å². The van der Waals surface area contributed by atoms with Gasteiger partial charge in [0.25, 0.3) is 0 Å². The number of nitriles is 1. The summed E-state index contributed by atoms with van der Waals surface area (Å²) >= 11 is 6.03. The van der Waals surface area contributed by atoms with Gasteiger partial charge in [-0.2, -0.15) is 5.26 Å². The molecule has 0 saturated heterocycles. The molecular weight excluding hydrogens is 282 g/mol. The lowest BCUT2D eigenvalue weighted by Gasteiger charge is -2.10. The van der Waals surface area contributed by atoms with Crippen LogP contribution >= 0.6 is 11.6 Å². The topological polar surface area (TPSA) is 35.8 Å². The second-order valence-electron chi connectivity index (χ2n) is 4.37. The van der Waals surface area contributed by atoms with Crippen molar-refractivity contribution in [2.24, 2.45) is 0 Å². The molecule has 0 saturated carbocycles. The first-order valence-corrected chi connectivity index (χ1v) is 6.27. The van der Waals surface area contributed by atoms with Gasteiger partial charge in [0, 0.05) is 12.1 Å². The molecule has 102 valence electrons. The first kappa shape index (κ1) is 14.3.